The molecule has 0 aromatic heterocycles. The van der Waals surface area contributed by atoms with E-state index < -0.39 is 0 Å². The Morgan fingerprint density at radius 3 is 0.250 bits per heavy atom. The van der Waals surface area contributed by atoms with Crippen molar-refractivity contribution < 1.29 is 74.1 Å². The Labute approximate surface area is 97.3 Å². The molecular formula is H18Cl2MgO9. The Morgan fingerprint density at radius 1 is 0.250 bits per heavy atom. The van der Waals surface area contributed by atoms with Gasteiger partial charge >= 0.3 is 23.1 Å². The zero-order chi connectivity index (χ0) is 0. The van der Waals surface area contributed by atoms with Crippen LogP contribution < -0.4 is 24.8 Å². The second-order valence-corrected chi connectivity index (χ2v) is 0. The van der Waals surface area contributed by atoms with Crippen LogP contribution in [0.4, 0.5) is 0 Å². The van der Waals surface area contributed by atoms with Crippen molar-refractivity contribution in [3.05, 3.63) is 0 Å². The van der Waals surface area contributed by atoms with Gasteiger partial charge in [-0.15, -0.1) is 0 Å². The van der Waals surface area contributed by atoms with E-state index in [1.54, 1.807) is 0 Å². The molecular weight excluding hydrogens is 239 g/mol. The van der Waals surface area contributed by atoms with E-state index in [2.05, 4.69) is 0 Å². The monoisotopic (exact) mass is 256 g/mol. The predicted octanol–water partition coefficient (Wildman–Crippen LogP) is -13.8. The van der Waals surface area contributed by atoms with Crippen molar-refractivity contribution >= 4 is 23.1 Å². The first-order valence-electron chi connectivity index (χ1n) is 0. The number of rotatable bonds is 0. The fraction of sp³-hybridized carbons (Fsp3) is 0. The summed E-state index contributed by atoms with van der Waals surface area (Å²) in [5.74, 6) is 0. The molecule has 0 rings (SSSR count). The zero-order valence-electron chi connectivity index (χ0n) is 5.96. The molecule has 12 heavy (non-hydrogen) atoms. The minimum Gasteiger partial charge on any atom is -1.00 e. The molecule has 0 heterocycles. The Bertz CT molecular complexity index is 12.5. The van der Waals surface area contributed by atoms with Gasteiger partial charge in [0.1, 0.15) is 0 Å². The van der Waals surface area contributed by atoms with E-state index in [0.29, 0.717) is 0 Å². The van der Waals surface area contributed by atoms with E-state index in [4.69, 9.17) is 0 Å². The quantitative estimate of drug-likeness (QED) is 0.365. The van der Waals surface area contributed by atoms with Crippen LogP contribution in [0.1, 0.15) is 0 Å². The second kappa shape index (κ2) is 1490. The van der Waals surface area contributed by atoms with Gasteiger partial charge in [0.25, 0.3) is 0 Å². The number of hydrogen-bond acceptors (Lipinski definition) is 0. The average Bonchev–Trinajstić information content (AvgIpc) is 0. The number of halogens is 2. The van der Waals surface area contributed by atoms with E-state index in [1.165, 1.54) is 0 Å². The third-order valence-electron chi connectivity index (χ3n) is 0. The summed E-state index contributed by atoms with van der Waals surface area (Å²) in [6.07, 6.45) is 0. The molecule has 0 aromatic carbocycles. The summed E-state index contributed by atoms with van der Waals surface area (Å²) in [5, 5.41) is 0. The van der Waals surface area contributed by atoms with Gasteiger partial charge in [-0.3, -0.25) is 0 Å². The summed E-state index contributed by atoms with van der Waals surface area (Å²) in [4.78, 5) is 0. The largest absolute Gasteiger partial charge is 2.00 e. The van der Waals surface area contributed by atoms with Gasteiger partial charge < -0.3 is 74.1 Å². The summed E-state index contributed by atoms with van der Waals surface area (Å²) >= 11 is 0. The van der Waals surface area contributed by atoms with E-state index in [1.807, 2.05) is 0 Å². The van der Waals surface area contributed by atoms with Crippen LogP contribution in [0.2, 0.25) is 0 Å². The first-order chi connectivity index (χ1) is 0. The minimum atomic E-state index is 0. The van der Waals surface area contributed by atoms with E-state index in [9.17, 15) is 0 Å². The molecule has 0 aliphatic rings. The van der Waals surface area contributed by atoms with Gasteiger partial charge in [0.05, 0.1) is 0 Å². The van der Waals surface area contributed by atoms with Crippen LogP contribution in [0, 0.1) is 0 Å². The molecule has 88 valence electrons. The van der Waals surface area contributed by atoms with Gasteiger partial charge in [-0.05, 0) is 0 Å². The summed E-state index contributed by atoms with van der Waals surface area (Å²) in [5.41, 5.74) is 0. The van der Waals surface area contributed by atoms with E-state index >= 15 is 0 Å². The second-order valence-electron chi connectivity index (χ2n) is 0. The summed E-state index contributed by atoms with van der Waals surface area (Å²) in [7, 11) is 0. The van der Waals surface area contributed by atoms with Gasteiger partial charge in [0.15, 0.2) is 0 Å². The molecule has 0 atom stereocenters. The molecule has 0 spiro atoms. The molecule has 0 aliphatic heterocycles. The smallest absolute Gasteiger partial charge is 1.00 e. The first-order valence-corrected chi connectivity index (χ1v) is 0. The third-order valence-corrected chi connectivity index (χ3v) is 0. The molecule has 0 fully saturated rings. The van der Waals surface area contributed by atoms with Crippen LogP contribution in [-0.4, -0.2) is 72.3 Å². The van der Waals surface area contributed by atoms with E-state index in [0.717, 1.165) is 0 Å². The van der Waals surface area contributed by atoms with Crippen molar-refractivity contribution in [3.8, 4) is 0 Å². The molecule has 12 heteroatoms. The molecule has 0 aromatic rings. The maximum Gasteiger partial charge on any atom is 2.00 e. The molecule has 9 nitrogen and oxygen atoms in total. The molecule has 0 unspecified atom stereocenters. The predicted molar refractivity (Wildman–Crippen MR) is 38.3 cm³/mol. The summed E-state index contributed by atoms with van der Waals surface area (Å²) in [6, 6.07) is 0. The maximum atomic E-state index is 0. The van der Waals surface area contributed by atoms with Crippen molar-refractivity contribution in [1.29, 1.82) is 0 Å². The van der Waals surface area contributed by atoms with Gasteiger partial charge in [-0.25, -0.2) is 0 Å². The van der Waals surface area contributed by atoms with Gasteiger partial charge in [-0.1, -0.05) is 0 Å². The molecule has 0 bridgehead atoms. The van der Waals surface area contributed by atoms with Crippen molar-refractivity contribution in [2.75, 3.05) is 0 Å². The Kier molecular flexibility index (Phi) is 238000. The van der Waals surface area contributed by atoms with Crippen LogP contribution >= 0.6 is 0 Å². The summed E-state index contributed by atoms with van der Waals surface area (Å²) in [6.45, 7) is 0. The van der Waals surface area contributed by atoms with Crippen LogP contribution in [0.25, 0.3) is 0 Å². The zero-order valence-corrected chi connectivity index (χ0v) is 8.89. The van der Waals surface area contributed by atoms with Gasteiger partial charge in [-0.2, -0.15) is 0 Å². The normalized spacial score (nSPS) is 0. The molecule has 0 aliphatic carbocycles. The molecule has 0 saturated heterocycles. The maximum absolute atomic E-state index is 0. The van der Waals surface area contributed by atoms with Crippen molar-refractivity contribution in [1.82, 2.24) is 0 Å². The Morgan fingerprint density at radius 2 is 0.250 bits per heavy atom. The molecule has 0 radical (unpaired) electrons. The standard InChI is InChI=1S/2ClH.Mg.9H2O/h2*1H;;9*1H2/q;;+2;;;;;;;;;/p-2. The minimum absolute atomic E-state index is 0. The van der Waals surface area contributed by atoms with Crippen LogP contribution in [0.5, 0.6) is 0 Å². The van der Waals surface area contributed by atoms with Gasteiger partial charge in [0, 0.05) is 0 Å². The Balaban J connectivity index is 0. The molecule has 0 amide bonds. The topological polar surface area (TPSA) is 284 Å². The summed E-state index contributed by atoms with van der Waals surface area (Å²) < 4.78 is 0. The Hall–Kier alpha value is 0.986. The van der Waals surface area contributed by atoms with Gasteiger partial charge in [0.2, 0.25) is 0 Å². The average molecular weight is 257 g/mol. The van der Waals surface area contributed by atoms with Crippen LogP contribution in [0.15, 0.2) is 0 Å². The van der Waals surface area contributed by atoms with Crippen LogP contribution in [0.3, 0.4) is 0 Å². The third kappa shape index (κ3) is 1130. The fourth-order valence-corrected chi connectivity index (χ4v) is 0. The number of hydrogen-bond donors (Lipinski definition) is 0. The van der Waals surface area contributed by atoms with E-state index in [-0.39, 0.29) is 97.2 Å². The SMILES string of the molecule is O.O.O.O.O.O.O.O.O.[Cl-].[Cl-].[Mg+2]. The first kappa shape index (κ1) is 1920. The van der Waals surface area contributed by atoms with Crippen molar-refractivity contribution in [3.63, 3.8) is 0 Å². The molecule has 0 saturated carbocycles. The molecule has 18 N–H and O–H groups in total. The fourth-order valence-electron chi connectivity index (χ4n) is 0. The van der Waals surface area contributed by atoms with Crippen LogP contribution in [-0.2, 0) is 0 Å². The van der Waals surface area contributed by atoms with Crippen molar-refractivity contribution in [2.45, 2.75) is 0 Å². The van der Waals surface area contributed by atoms with Crippen molar-refractivity contribution in [2.24, 2.45) is 0 Å².